The third-order valence-electron chi connectivity index (χ3n) is 4.59. The minimum absolute atomic E-state index is 0.0441. The molecule has 2 N–H and O–H groups in total. The summed E-state index contributed by atoms with van der Waals surface area (Å²) in [5, 5.41) is 20.6. The largest absolute Gasteiger partial charge is 0.370 e. The highest BCUT2D eigenvalue weighted by molar-refractivity contribution is 5.96. The topological polar surface area (TPSA) is 128 Å². The molecule has 140 valence electrons. The Morgan fingerprint density at radius 3 is 2.96 bits per heavy atom. The first-order valence-corrected chi connectivity index (χ1v) is 8.49. The summed E-state index contributed by atoms with van der Waals surface area (Å²) in [6.45, 7) is 4.51. The van der Waals surface area contributed by atoms with Gasteiger partial charge in [-0.15, -0.1) is 0 Å². The molecule has 0 bridgehead atoms. The van der Waals surface area contributed by atoms with E-state index in [-0.39, 0.29) is 29.3 Å². The molecule has 3 heterocycles. The number of amides is 1. The minimum Gasteiger partial charge on any atom is -0.370 e. The highest BCUT2D eigenvalue weighted by Crippen LogP contribution is 2.33. The molecule has 1 amide bonds. The van der Waals surface area contributed by atoms with E-state index in [9.17, 15) is 14.9 Å². The van der Waals surface area contributed by atoms with Gasteiger partial charge in [-0.05, 0) is 6.42 Å². The lowest BCUT2D eigenvalue weighted by molar-refractivity contribution is -0.385. The van der Waals surface area contributed by atoms with Crippen LogP contribution in [-0.4, -0.2) is 43.7 Å². The summed E-state index contributed by atoms with van der Waals surface area (Å²) in [7, 11) is 1.89. The maximum Gasteiger partial charge on any atom is 0.323 e. The molecular formula is C16H22N6O4. The molecule has 2 atom stereocenters. The molecule has 0 aliphatic carbocycles. The van der Waals surface area contributed by atoms with Crippen molar-refractivity contribution in [2.45, 2.75) is 32.3 Å². The van der Waals surface area contributed by atoms with Crippen LogP contribution in [0.4, 0.5) is 5.69 Å². The molecule has 1 aliphatic rings. The number of H-pyrrole nitrogens is 1. The summed E-state index contributed by atoms with van der Waals surface area (Å²) in [6.07, 6.45) is 4.11. The lowest BCUT2D eigenvalue weighted by atomic mass is 10.0. The van der Waals surface area contributed by atoms with E-state index in [0.717, 1.165) is 12.2 Å². The highest BCUT2D eigenvalue weighted by Gasteiger charge is 2.34. The number of carbonyl (C=O) groups excluding carboxylic acids is 1. The Kier molecular flexibility index (Phi) is 5.03. The van der Waals surface area contributed by atoms with Crippen LogP contribution in [0.2, 0.25) is 0 Å². The van der Waals surface area contributed by atoms with Crippen LogP contribution in [0.1, 0.15) is 54.3 Å². The molecule has 26 heavy (non-hydrogen) atoms. The van der Waals surface area contributed by atoms with E-state index in [1.54, 1.807) is 20.0 Å². The standard InChI is InChI=1S/C16H22N6O4/c1-9(2)11-13(22(24)25)12(20-19-11)16(23)18-8-10-4-7-26-14(10)15-17-5-6-21(15)3/h5-6,9-10,14H,4,7-8H2,1-3H3,(H,18,23)(H,19,20)/t10-,14+/m0/s1. The number of hydrogen-bond acceptors (Lipinski definition) is 6. The lowest BCUT2D eigenvalue weighted by Gasteiger charge is -2.18. The number of ether oxygens (including phenoxy) is 1. The molecule has 2 aromatic heterocycles. The number of aromatic nitrogens is 4. The van der Waals surface area contributed by atoms with Crippen LogP contribution in [0.25, 0.3) is 0 Å². The van der Waals surface area contributed by atoms with Gasteiger partial charge in [-0.1, -0.05) is 13.8 Å². The van der Waals surface area contributed by atoms with Crippen molar-refractivity contribution >= 4 is 11.6 Å². The molecule has 1 fully saturated rings. The van der Waals surface area contributed by atoms with Crippen molar-refractivity contribution in [1.29, 1.82) is 0 Å². The summed E-state index contributed by atoms with van der Waals surface area (Å²) < 4.78 is 7.65. The SMILES string of the molecule is CC(C)c1[nH]nc(C(=O)NC[C@@H]2CCO[C@H]2c2nccn2C)c1[N+](=O)[O-]. The van der Waals surface area contributed by atoms with Crippen LogP contribution in [0.15, 0.2) is 12.4 Å². The number of aromatic amines is 1. The third kappa shape index (κ3) is 3.32. The van der Waals surface area contributed by atoms with Crippen molar-refractivity contribution < 1.29 is 14.5 Å². The van der Waals surface area contributed by atoms with E-state index in [4.69, 9.17) is 4.74 Å². The Hall–Kier alpha value is -2.75. The number of aryl methyl sites for hydroxylation is 1. The van der Waals surface area contributed by atoms with Crippen molar-refractivity contribution in [2.75, 3.05) is 13.2 Å². The molecule has 2 aromatic rings. The summed E-state index contributed by atoms with van der Waals surface area (Å²) in [4.78, 5) is 27.6. The minimum atomic E-state index is -0.566. The molecule has 1 aliphatic heterocycles. The van der Waals surface area contributed by atoms with E-state index in [0.29, 0.717) is 18.8 Å². The van der Waals surface area contributed by atoms with Crippen LogP contribution >= 0.6 is 0 Å². The first-order chi connectivity index (χ1) is 12.4. The number of nitrogens with zero attached hydrogens (tertiary/aromatic N) is 4. The zero-order valence-corrected chi connectivity index (χ0v) is 14.9. The zero-order valence-electron chi connectivity index (χ0n) is 14.9. The van der Waals surface area contributed by atoms with Crippen LogP contribution in [0.3, 0.4) is 0 Å². The van der Waals surface area contributed by atoms with Gasteiger partial charge in [0.15, 0.2) is 0 Å². The van der Waals surface area contributed by atoms with Gasteiger partial charge in [-0.25, -0.2) is 4.98 Å². The summed E-state index contributed by atoms with van der Waals surface area (Å²) in [5.74, 6) is 0.142. The average molecular weight is 362 g/mol. The van der Waals surface area contributed by atoms with Crippen LogP contribution < -0.4 is 5.32 Å². The Bertz CT molecular complexity index is 812. The van der Waals surface area contributed by atoms with Gasteiger partial charge in [0.2, 0.25) is 5.69 Å². The third-order valence-corrected chi connectivity index (χ3v) is 4.59. The fourth-order valence-electron chi connectivity index (χ4n) is 3.18. The first kappa shape index (κ1) is 18.1. The molecule has 0 saturated carbocycles. The van der Waals surface area contributed by atoms with Gasteiger partial charge < -0.3 is 14.6 Å². The van der Waals surface area contributed by atoms with Gasteiger partial charge in [-0.3, -0.25) is 20.0 Å². The number of imidazole rings is 1. The number of carbonyl (C=O) groups is 1. The molecule has 10 nitrogen and oxygen atoms in total. The molecule has 0 unspecified atom stereocenters. The highest BCUT2D eigenvalue weighted by atomic mass is 16.6. The fourth-order valence-corrected chi connectivity index (χ4v) is 3.18. The molecule has 0 aromatic carbocycles. The lowest BCUT2D eigenvalue weighted by Crippen LogP contribution is -2.31. The predicted octanol–water partition coefficient (Wildman–Crippen LogP) is 1.68. The van der Waals surface area contributed by atoms with E-state index in [2.05, 4.69) is 20.5 Å². The second-order valence-electron chi connectivity index (χ2n) is 6.69. The maximum atomic E-state index is 12.5. The van der Waals surface area contributed by atoms with E-state index in [1.165, 1.54) is 0 Å². The molecule has 0 radical (unpaired) electrons. The quantitative estimate of drug-likeness (QED) is 0.594. The van der Waals surface area contributed by atoms with Crippen LogP contribution in [0.5, 0.6) is 0 Å². The molecule has 10 heteroatoms. The number of hydrogen-bond donors (Lipinski definition) is 2. The second-order valence-corrected chi connectivity index (χ2v) is 6.69. The van der Waals surface area contributed by atoms with Crippen molar-refractivity contribution in [1.82, 2.24) is 25.1 Å². The Morgan fingerprint density at radius 2 is 2.35 bits per heavy atom. The van der Waals surface area contributed by atoms with Crippen molar-refractivity contribution in [3.8, 4) is 0 Å². The van der Waals surface area contributed by atoms with Crippen molar-refractivity contribution in [3.63, 3.8) is 0 Å². The Morgan fingerprint density at radius 1 is 1.58 bits per heavy atom. The predicted molar refractivity (Wildman–Crippen MR) is 91.7 cm³/mol. The molecule has 0 spiro atoms. The van der Waals surface area contributed by atoms with Gasteiger partial charge in [0.1, 0.15) is 17.6 Å². The molecule has 3 rings (SSSR count). The monoisotopic (exact) mass is 362 g/mol. The van der Waals surface area contributed by atoms with E-state index < -0.39 is 10.8 Å². The smallest absolute Gasteiger partial charge is 0.323 e. The first-order valence-electron chi connectivity index (χ1n) is 8.49. The zero-order chi connectivity index (χ0) is 18.8. The average Bonchev–Trinajstić information content (AvgIpc) is 3.30. The second kappa shape index (κ2) is 7.24. The van der Waals surface area contributed by atoms with E-state index in [1.807, 2.05) is 17.8 Å². The van der Waals surface area contributed by atoms with Gasteiger partial charge in [0.25, 0.3) is 5.91 Å². The van der Waals surface area contributed by atoms with Gasteiger partial charge in [0, 0.05) is 44.4 Å². The number of rotatable bonds is 6. The van der Waals surface area contributed by atoms with Gasteiger partial charge >= 0.3 is 5.69 Å². The normalized spacial score (nSPS) is 19.8. The van der Waals surface area contributed by atoms with Crippen molar-refractivity contribution in [2.24, 2.45) is 13.0 Å². The van der Waals surface area contributed by atoms with Crippen molar-refractivity contribution in [3.05, 3.63) is 39.7 Å². The Balaban J connectivity index is 1.71. The van der Waals surface area contributed by atoms with Crippen LogP contribution in [-0.2, 0) is 11.8 Å². The fraction of sp³-hybridized carbons (Fsp3) is 0.562. The number of nitro groups is 1. The van der Waals surface area contributed by atoms with Gasteiger partial charge in [-0.2, -0.15) is 5.10 Å². The summed E-state index contributed by atoms with van der Waals surface area (Å²) in [6, 6.07) is 0. The number of nitrogens with one attached hydrogen (secondary N) is 2. The summed E-state index contributed by atoms with van der Waals surface area (Å²) in [5.41, 5.74) is -0.109. The molecular weight excluding hydrogens is 340 g/mol. The Labute approximate surface area is 150 Å². The maximum absolute atomic E-state index is 12.5. The van der Waals surface area contributed by atoms with Gasteiger partial charge in [0.05, 0.1) is 4.92 Å². The van der Waals surface area contributed by atoms with Crippen LogP contribution in [0, 0.1) is 16.0 Å². The van der Waals surface area contributed by atoms with E-state index >= 15 is 0 Å². The summed E-state index contributed by atoms with van der Waals surface area (Å²) >= 11 is 0. The molecule has 1 saturated heterocycles.